The predicted octanol–water partition coefficient (Wildman–Crippen LogP) is 1.72. The van der Waals surface area contributed by atoms with Gasteiger partial charge in [0.05, 0.1) is 32.0 Å². The maximum absolute atomic E-state index is 13.7. The van der Waals surface area contributed by atoms with Crippen molar-refractivity contribution in [3.8, 4) is 0 Å². The number of aliphatic hydroxyl groups is 1. The summed E-state index contributed by atoms with van der Waals surface area (Å²) in [5.41, 5.74) is 4.34. The second kappa shape index (κ2) is 14.9. The quantitative estimate of drug-likeness (QED) is 0.157. The van der Waals surface area contributed by atoms with Gasteiger partial charge in [-0.15, -0.1) is 0 Å². The molecule has 1 unspecified atom stereocenters. The van der Waals surface area contributed by atoms with E-state index in [2.05, 4.69) is 10.1 Å². The monoisotopic (exact) mass is 608 g/mol. The molecule has 1 aromatic heterocycles. The van der Waals surface area contributed by atoms with Crippen molar-refractivity contribution in [2.24, 2.45) is 11.3 Å². The number of aromatic nitrogens is 2. The van der Waals surface area contributed by atoms with Crippen LogP contribution in [-0.4, -0.2) is 82.8 Å². The fourth-order valence-corrected chi connectivity index (χ4v) is 6.10. The van der Waals surface area contributed by atoms with Gasteiger partial charge in [-0.25, -0.2) is 14.4 Å². The molecule has 40 heavy (non-hydrogen) atoms. The summed E-state index contributed by atoms with van der Waals surface area (Å²) in [6.07, 6.45) is -1.66. The summed E-state index contributed by atoms with van der Waals surface area (Å²) in [6.45, 7) is 9.27. The van der Waals surface area contributed by atoms with Crippen LogP contribution in [-0.2, 0) is 37.4 Å². The van der Waals surface area contributed by atoms with Crippen molar-refractivity contribution in [1.82, 2.24) is 14.6 Å². The number of rotatable bonds is 14. The summed E-state index contributed by atoms with van der Waals surface area (Å²) in [6, 6.07) is 0.357. The first-order valence-corrected chi connectivity index (χ1v) is 15.3. The first-order chi connectivity index (χ1) is 18.6. The Morgan fingerprint density at radius 1 is 1.30 bits per heavy atom. The molecule has 0 bridgehead atoms. The van der Waals surface area contributed by atoms with E-state index in [1.165, 1.54) is 30.9 Å². The van der Waals surface area contributed by atoms with Gasteiger partial charge in [0, 0.05) is 30.4 Å². The fourth-order valence-electron chi connectivity index (χ4n) is 3.72. The molecule has 0 spiro atoms. The second-order valence-electron chi connectivity index (χ2n) is 10.5. The number of nitrogens with zero attached hydrogens (tertiary/aromatic N) is 2. The number of ether oxygens (including phenoxy) is 3. The van der Waals surface area contributed by atoms with Gasteiger partial charge in [-0.1, -0.05) is 32.5 Å². The largest absolute Gasteiger partial charge is 0.462 e. The number of methoxy groups -OCH3 is 1. The van der Waals surface area contributed by atoms with Crippen LogP contribution in [0, 0.1) is 11.3 Å². The van der Waals surface area contributed by atoms with Gasteiger partial charge in [-0.2, -0.15) is 4.98 Å². The number of nitrogen functional groups attached to an aromatic ring is 1. The van der Waals surface area contributed by atoms with E-state index in [-0.39, 0.29) is 29.9 Å². The molecule has 1 aliphatic rings. The van der Waals surface area contributed by atoms with Crippen LogP contribution in [0.5, 0.6) is 0 Å². The van der Waals surface area contributed by atoms with Crippen LogP contribution < -0.4 is 16.5 Å². The van der Waals surface area contributed by atoms with Crippen molar-refractivity contribution in [3.63, 3.8) is 0 Å². The number of aliphatic hydroxyl groups excluding tert-OH is 1. The molecule has 0 saturated carbocycles. The van der Waals surface area contributed by atoms with E-state index >= 15 is 0 Å². The van der Waals surface area contributed by atoms with E-state index in [0.29, 0.717) is 0 Å². The summed E-state index contributed by atoms with van der Waals surface area (Å²) >= 11 is 1.03. The summed E-state index contributed by atoms with van der Waals surface area (Å²) in [7, 11) is -2.77. The zero-order chi connectivity index (χ0) is 30.3. The fraction of sp³-hybridized carbons (Fsp3) is 0.750. The number of carbonyl (C=O) groups excluding carboxylic acids is 2. The SMILES string of the molecule is CO[C@@H]1[C@H](CO)[C@@H](COP(=O)(N[C@@H](C)C(=O)OC(C)C)OCCSC(=O)C(C)(C)C)O[C@H]1n1ccc(N)nc1=O. The van der Waals surface area contributed by atoms with Gasteiger partial charge in [0.1, 0.15) is 18.0 Å². The van der Waals surface area contributed by atoms with Gasteiger partial charge in [0.25, 0.3) is 0 Å². The number of hydrogen-bond donors (Lipinski definition) is 3. The zero-order valence-corrected chi connectivity index (χ0v) is 25.6. The first-order valence-electron chi connectivity index (χ1n) is 12.8. The van der Waals surface area contributed by atoms with Gasteiger partial charge in [-0.3, -0.25) is 23.2 Å². The third-order valence-corrected chi connectivity index (χ3v) is 8.72. The predicted molar refractivity (Wildman–Crippen MR) is 148 cm³/mol. The highest BCUT2D eigenvalue weighted by Crippen LogP contribution is 2.46. The maximum atomic E-state index is 13.7. The first kappa shape index (κ1) is 34.4. The summed E-state index contributed by atoms with van der Waals surface area (Å²) < 4.78 is 42.8. The Hall–Kier alpha value is -1.84. The van der Waals surface area contributed by atoms with Crippen LogP contribution in [0.3, 0.4) is 0 Å². The number of nitrogens with one attached hydrogen (secondary N) is 1. The minimum Gasteiger partial charge on any atom is -0.462 e. The van der Waals surface area contributed by atoms with Crippen molar-refractivity contribution in [3.05, 3.63) is 22.7 Å². The van der Waals surface area contributed by atoms with Crippen LogP contribution in [0.1, 0.15) is 47.8 Å². The zero-order valence-electron chi connectivity index (χ0n) is 23.9. The molecule has 1 saturated heterocycles. The molecule has 0 aromatic carbocycles. The second-order valence-corrected chi connectivity index (χ2v) is 13.3. The van der Waals surface area contributed by atoms with Crippen molar-refractivity contribution < 1.29 is 42.5 Å². The van der Waals surface area contributed by atoms with E-state index in [1.807, 2.05) is 0 Å². The summed E-state index contributed by atoms with van der Waals surface area (Å²) in [5, 5.41) is 12.6. The number of carbonyl (C=O) groups is 2. The van der Waals surface area contributed by atoms with Gasteiger partial charge in [0.2, 0.25) is 0 Å². The van der Waals surface area contributed by atoms with Gasteiger partial charge in [0.15, 0.2) is 11.3 Å². The van der Waals surface area contributed by atoms with Crippen molar-refractivity contribution >= 4 is 36.4 Å². The third-order valence-electron chi connectivity index (χ3n) is 5.76. The molecular weight excluding hydrogens is 567 g/mol. The summed E-state index contributed by atoms with van der Waals surface area (Å²) in [5.74, 6) is -1.13. The number of hydrogen-bond acceptors (Lipinski definition) is 13. The Labute approximate surface area is 238 Å². The molecule has 1 aliphatic heterocycles. The lowest BCUT2D eigenvalue weighted by Crippen LogP contribution is -2.37. The van der Waals surface area contributed by atoms with E-state index in [1.54, 1.807) is 34.6 Å². The molecule has 4 N–H and O–H groups in total. The molecule has 0 radical (unpaired) electrons. The maximum Gasteiger partial charge on any atom is 0.406 e. The van der Waals surface area contributed by atoms with E-state index < -0.39 is 67.9 Å². The average molecular weight is 609 g/mol. The highest BCUT2D eigenvalue weighted by Gasteiger charge is 2.47. The minimum atomic E-state index is -4.17. The topological polar surface area (TPSA) is 191 Å². The highest BCUT2D eigenvalue weighted by atomic mass is 32.2. The van der Waals surface area contributed by atoms with Crippen LogP contribution in [0.4, 0.5) is 5.82 Å². The van der Waals surface area contributed by atoms with E-state index in [0.717, 1.165) is 11.8 Å². The third kappa shape index (κ3) is 9.62. The average Bonchev–Trinajstić information content (AvgIpc) is 3.21. The number of esters is 1. The van der Waals surface area contributed by atoms with Gasteiger partial charge < -0.3 is 25.1 Å². The van der Waals surface area contributed by atoms with Crippen LogP contribution in [0.25, 0.3) is 0 Å². The molecule has 14 nitrogen and oxygen atoms in total. The lowest BCUT2D eigenvalue weighted by atomic mass is 9.99. The van der Waals surface area contributed by atoms with Crippen molar-refractivity contribution in [2.75, 3.05) is 38.4 Å². The number of anilines is 1. The molecule has 2 heterocycles. The van der Waals surface area contributed by atoms with E-state index in [4.69, 9.17) is 29.0 Å². The lowest BCUT2D eigenvalue weighted by molar-refractivity contribution is -0.149. The molecule has 228 valence electrons. The Kier molecular flexibility index (Phi) is 12.8. The minimum absolute atomic E-state index is 0.0310. The van der Waals surface area contributed by atoms with Gasteiger partial charge >= 0.3 is 19.4 Å². The standard InChI is InChI=1S/C24H41N4O10PS/c1-14(2)37-21(30)15(3)27-39(33,35-10-11-40-22(31)24(4,5)6)36-13-17-16(12-29)19(34-7)20(38-17)28-9-8-18(25)26-23(28)32/h8-9,14-17,19-20,29H,10-13H2,1-7H3,(H,27,33)(H2,25,26,32)/t15-,16+,17+,19+,20+,39?/m0/s1. The summed E-state index contributed by atoms with van der Waals surface area (Å²) in [4.78, 5) is 40.7. The Balaban J connectivity index is 2.19. The van der Waals surface area contributed by atoms with Crippen molar-refractivity contribution in [1.29, 1.82) is 0 Å². The van der Waals surface area contributed by atoms with Crippen LogP contribution in [0.15, 0.2) is 17.1 Å². The van der Waals surface area contributed by atoms with Crippen LogP contribution >= 0.6 is 19.5 Å². The van der Waals surface area contributed by atoms with Crippen LogP contribution in [0.2, 0.25) is 0 Å². The van der Waals surface area contributed by atoms with Gasteiger partial charge in [-0.05, 0) is 26.8 Å². The molecular formula is C24H41N4O10PS. The Morgan fingerprint density at radius 3 is 2.52 bits per heavy atom. The molecule has 2 rings (SSSR count). The lowest BCUT2D eigenvalue weighted by Gasteiger charge is -2.25. The Bertz CT molecular complexity index is 1110. The van der Waals surface area contributed by atoms with Crippen molar-refractivity contribution in [2.45, 2.75) is 72.1 Å². The molecule has 16 heteroatoms. The Morgan fingerprint density at radius 2 is 1.98 bits per heavy atom. The normalized spacial score (nSPS) is 23.6. The molecule has 0 aliphatic carbocycles. The highest BCUT2D eigenvalue weighted by molar-refractivity contribution is 8.13. The van der Waals surface area contributed by atoms with E-state index in [9.17, 15) is 24.1 Å². The molecule has 1 fully saturated rings. The molecule has 1 aromatic rings. The smallest absolute Gasteiger partial charge is 0.406 e. The number of nitrogens with two attached hydrogens (primary N) is 1. The molecule has 0 amide bonds. The molecule has 6 atom stereocenters. The number of thioether (sulfide) groups is 1.